The van der Waals surface area contributed by atoms with Crippen molar-refractivity contribution >= 4 is 23.4 Å². The molecule has 0 aromatic heterocycles. The molecular weight excluding hydrogens is 244 g/mol. The van der Waals surface area contributed by atoms with E-state index in [9.17, 15) is 4.79 Å². The maximum Gasteiger partial charge on any atom is 0.253 e. The molecule has 1 amide bonds. The van der Waals surface area contributed by atoms with Gasteiger partial charge in [0.2, 0.25) is 0 Å². The number of anilines is 1. The van der Waals surface area contributed by atoms with E-state index in [2.05, 4.69) is 12.2 Å². The molecule has 0 spiro atoms. The second-order valence-corrected chi connectivity index (χ2v) is 5.89. The van der Waals surface area contributed by atoms with Crippen molar-refractivity contribution in [3.63, 3.8) is 0 Å². The molecule has 1 atom stereocenters. The maximum atomic E-state index is 12.4. The van der Waals surface area contributed by atoms with Gasteiger partial charge in [0.1, 0.15) is 0 Å². The average Bonchev–Trinajstić information content (AvgIpc) is 2.46. The number of nitrogens with zero attached hydrogens (tertiary/aromatic N) is 1. The second-order valence-electron chi connectivity index (χ2n) is 4.48. The number of benzene rings is 1. The average molecular weight is 264 g/mol. The number of carbonyl (C=O) groups is 1. The minimum atomic E-state index is 0.163. The van der Waals surface area contributed by atoms with Crippen LogP contribution < -0.4 is 5.32 Å². The Morgan fingerprint density at radius 2 is 2.17 bits per heavy atom. The highest BCUT2D eigenvalue weighted by Crippen LogP contribution is 2.22. The van der Waals surface area contributed by atoms with Gasteiger partial charge in [-0.15, -0.1) is 0 Å². The molecule has 2 rings (SSSR count). The first-order valence-corrected chi connectivity index (χ1v) is 7.48. The fourth-order valence-corrected chi connectivity index (χ4v) is 3.29. The zero-order valence-electron chi connectivity index (χ0n) is 11.0. The molecule has 0 radical (unpaired) electrons. The molecule has 98 valence electrons. The lowest BCUT2D eigenvalue weighted by molar-refractivity contribution is 0.0761. The molecule has 1 fully saturated rings. The van der Waals surface area contributed by atoms with Gasteiger partial charge < -0.3 is 10.2 Å². The Balaban J connectivity index is 2.05. The molecule has 1 aromatic carbocycles. The second kappa shape index (κ2) is 6.14. The normalized spacial score (nSPS) is 19.7. The Hall–Kier alpha value is -1.16. The minimum Gasteiger partial charge on any atom is -0.388 e. The van der Waals surface area contributed by atoms with Crippen molar-refractivity contribution < 1.29 is 4.79 Å². The molecule has 1 N–H and O–H groups in total. The standard InChI is InChI=1S/C14H20N2OS/c1-3-13-10-16(8-9-18-13)14(17)11-4-6-12(15-2)7-5-11/h4-7,13,15H,3,8-10H2,1-2H3. The largest absolute Gasteiger partial charge is 0.388 e. The Bertz CT molecular complexity index is 405. The number of nitrogens with one attached hydrogen (secondary N) is 1. The molecular formula is C14H20N2OS. The Labute approximate surface area is 113 Å². The Morgan fingerprint density at radius 3 is 2.78 bits per heavy atom. The van der Waals surface area contributed by atoms with E-state index in [0.717, 1.165) is 36.5 Å². The summed E-state index contributed by atoms with van der Waals surface area (Å²) in [5, 5.41) is 3.66. The molecule has 0 bridgehead atoms. The van der Waals surface area contributed by atoms with E-state index < -0.39 is 0 Å². The number of rotatable bonds is 3. The Morgan fingerprint density at radius 1 is 1.44 bits per heavy atom. The molecule has 1 aliphatic heterocycles. The van der Waals surface area contributed by atoms with Gasteiger partial charge in [-0.2, -0.15) is 11.8 Å². The number of hydrogen-bond acceptors (Lipinski definition) is 3. The summed E-state index contributed by atoms with van der Waals surface area (Å²) >= 11 is 1.98. The number of thioether (sulfide) groups is 1. The summed E-state index contributed by atoms with van der Waals surface area (Å²) in [5.74, 6) is 1.22. The van der Waals surface area contributed by atoms with Crippen LogP contribution in [0, 0.1) is 0 Å². The summed E-state index contributed by atoms with van der Waals surface area (Å²) < 4.78 is 0. The van der Waals surface area contributed by atoms with E-state index in [1.54, 1.807) is 0 Å². The van der Waals surface area contributed by atoms with Crippen LogP contribution in [0.5, 0.6) is 0 Å². The van der Waals surface area contributed by atoms with Crippen molar-refractivity contribution in [3.05, 3.63) is 29.8 Å². The van der Waals surface area contributed by atoms with Crippen LogP contribution in [-0.4, -0.2) is 41.9 Å². The highest BCUT2D eigenvalue weighted by molar-refractivity contribution is 8.00. The van der Waals surface area contributed by atoms with Gasteiger partial charge in [0.15, 0.2) is 0 Å². The van der Waals surface area contributed by atoms with Crippen molar-refractivity contribution in [2.24, 2.45) is 0 Å². The number of amides is 1. The molecule has 3 nitrogen and oxygen atoms in total. The smallest absolute Gasteiger partial charge is 0.253 e. The van der Waals surface area contributed by atoms with Crippen LogP contribution in [0.2, 0.25) is 0 Å². The summed E-state index contributed by atoms with van der Waals surface area (Å²) in [6, 6.07) is 7.69. The third-order valence-corrected chi connectivity index (χ3v) is 4.67. The van der Waals surface area contributed by atoms with E-state index in [0.29, 0.717) is 5.25 Å². The fourth-order valence-electron chi connectivity index (χ4n) is 2.11. The molecule has 4 heteroatoms. The lowest BCUT2D eigenvalue weighted by Crippen LogP contribution is -2.41. The molecule has 1 unspecified atom stereocenters. The van der Waals surface area contributed by atoms with Gasteiger partial charge in [0.25, 0.3) is 5.91 Å². The van der Waals surface area contributed by atoms with E-state index in [-0.39, 0.29) is 5.91 Å². The van der Waals surface area contributed by atoms with Crippen molar-refractivity contribution in [2.45, 2.75) is 18.6 Å². The van der Waals surface area contributed by atoms with Gasteiger partial charge in [-0.05, 0) is 30.7 Å². The summed E-state index contributed by atoms with van der Waals surface area (Å²) in [6.07, 6.45) is 1.13. The van der Waals surface area contributed by atoms with Crippen LogP contribution in [0.4, 0.5) is 5.69 Å². The quantitative estimate of drug-likeness (QED) is 0.911. The molecule has 1 aliphatic rings. The van der Waals surface area contributed by atoms with Gasteiger partial charge >= 0.3 is 0 Å². The van der Waals surface area contributed by atoms with Gasteiger partial charge in [-0.3, -0.25) is 4.79 Å². The van der Waals surface area contributed by atoms with Crippen LogP contribution in [-0.2, 0) is 0 Å². The van der Waals surface area contributed by atoms with Crippen molar-refractivity contribution in [3.8, 4) is 0 Å². The third kappa shape index (κ3) is 2.99. The summed E-state index contributed by atoms with van der Waals surface area (Å²) in [5.41, 5.74) is 1.82. The number of carbonyl (C=O) groups excluding carboxylic acids is 1. The van der Waals surface area contributed by atoms with Crippen molar-refractivity contribution in [2.75, 3.05) is 31.2 Å². The van der Waals surface area contributed by atoms with E-state index in [4.69, 9.17) is 0 Å². The molecule has 1 saturated heterocycles. The Kier molecular flexibility index (Phi) is 4.53. The molecule has 1 heterocycles. The van der Waals surface area contributed by atoms with Crippen molar-refractivity contribution in [1.29, 1.82) is 0 Å². The molecule has 0 aliphatic carbocycles. The monoisotopic (exact) mass is 264 g/mol. The van der Waals surface area contributed by atoms with Gasteiger partial charge in [0, 0.05) is 42.4 Å². The van der Waals surface area contributed by atoms with Crippen LogP contribution in [0.25, 0.3) is 0 Å². The third-order valence-electron chi connectivity index (χ3n) is 3.30. The SMILES string of the molecule is CCC1CN(C(=O)c2ccc(NC)cc2)CCS1. The lowest BCUT2D eigenvalue weighted by Gasteiger charge is -2.32. The zero-order valence-corrected chi connectivity index (χ0v) is 11.8. The van der Waals surface area contributed by atoms with Crippen LogP contribution in [0.3, 0.4) is 0 Å². The van der Waals surface area contributed by atoms with E-state index >= 15 is 0 Å². The number of hydrogen-bond donors (Lipinski definition) is 1. The van der Waals surface area contributed by atoms with E-state index in [1.807, 2.05) is 48.0 Å². The highest BCUT2D eigenvalue weighted by Gasteiger charge is 2.23. The predicted octanol–water partition coefficient (Wildman–Crippen LogP) is 2.70. The summed E-state index contributed by atoms with van der Waals surface area (Å²) in [7, 11) is 1.88. The van der Waals surface area contributed by atoms with Gasteiger partial charge in [-0.1, -0.05) is 6.92 Å². The van der Waals surface area contributed by atoms with Crippen LogP contribution >= 0.6 is 11.8 Å². The van der Waals surface area contributed by atoms with E-state index in [1.165, 1.54) is 0 Å². The molecule has 18 heavy (non-hydrogen) atoms. The highest BCUT2D eigenvalue weighted by atomic mass is 32.2. The van der Waals surface area contributed by atoms with Gasteiger partial charge in [-0.25, -0.2) is 0 Å². The summed E-state index contributed by atoms with van der Waals surface area (Å²) in [6.45, 7) is 3.94. The zero-order chi connectivity index (χ0) is 13.0. The van der Waals surface area contributed by atoms with Crippen LogP contribution in [0.15, 0.2) is 24.3 Å². The van der Waals surface area contributed by atoms with Crippen molar-refractivity contribution in [1.82, 2.24) is 4.90 Å². The maximum absolute atomic E-state index is 12.4. The predicted molar refractivity (Wildman–Crippen MR) is 78.4 cm³/mol. The topological polar surface area (TPSA) is 32.3 Å². The van der Waals surface area contributed by atoms with Crippen LogP contribution in [0.1, 0.15) is 23.7 Å². The first-order valence-electron chi connectivity index (χ1n) is 6.43. The lowest BCUT2D eigenvalue weighted by atomic mass is 10.1. The first-order chi connectivity index (χ1) is 8.74. The fraction of sp³-hybridized carbons (Fsp3) is 0.500. The van der Waals surface area contributed by atoms with Gasteiger partial charge in [0.05, 0.1) is 0 Å². The first kappa shape index (κ1) is 13.3. The summed E-state index contributed by atoms with van der Waals surface area (Å²) in [4.78, 5) is 14.3. The minimum absolute atomic E-state index is 0.163. The molecule has 0 saturated carbocycles. The molecule has 1 aromatic rings.